The standard InChI is InChI=1S/C25H19N5O.C24H19N5O2.C24H17N5O.C23H17N5O/c1-13(2)14-7-8-19-15(11-14)12-18(25(31)28-19)24-29-22-16-5-3-9-26-20(16)21-17(23(22)30-24)6-4-10-27-21;1-30-14-7-8-18-13(11-14)12-17(24(27-18)31-2)23-28-21-15-5-3-9-25-19(15)20-16(22(21)29-23)6-4-10-26-20;1-2-13-7-8-18-14(11-13)12-17(24(30)27-18)23-28-21-15-5-3-9-25-19(15)20-16(22(21)29-23)6-4-10-26-20;1-12-6-7-17-13(10-12)11-16(23(29)26-17)22-27-20-14-4-2-8-24-18(14)19-15(21(20)28-22)5-3-9-25-19/h3-13H,1-2H3,(H,28,31)(H,29,30);3-12,24,27H,1-2H3,(H,28,29);3-12H,2H2,1H3,(H,27,30)(H,28,29);2-11,23,26,29H,1H3,(H,27,28). The van der Waals surface area contributed by atoms with Crippen molar-refractivity contribution in [3.8, 4) is 28.5 Å². The van der Waals surface area contributed by atoms with Crippen molar-refractivity contribution >= 4 is 188 Å². The molecule has 2 aliphatic heterocycles. The van der Waals surface area contributed by atoms with Gasteiger partial charge in [-0.2, -0.15) is 0 Å². The van der Waals surface area contributed by atoms with E-state index in [9.17, 15) is 14.7 Å². The molecule has 0 bridgehead atoms. The van der Waals surface area contributed by atoms with E-state index in [1.807, 2.05) is 164 Å². The van der Waals surface area contributed by atoms with Crippen molar-refractivity contribution in [2.24, 2.45) is 0 Å². The third-order valence-corrected chi connectivity index (χ3v) is 22.7. The van der Waals surface area contributed by atoms with Crippen LogP contribution in [0.1, 0.15) is 66.2 Å². The van der Waals surface area contributed by atoms with Gasteiger partial charge in [-0.1, -0.05) is 44.5 Å². The lowest BCUT2D eigenvalue weighted by atomic mass is 10.0. The summed E-state index contributed by atoms with van der Waals surface area (Å²) < 4.78 is 11.1. The SMILES string of the molecule is CC(C)c1ccc2[nH]c(=O)c(-c3nc4c5cccnc5c5ncccc5c4[nH]3)cc2c1.CCc1ccc2[nH]c(=O)c(-c3nc4c5cccnc5c5ncccc5c4[nH]3)cc2c1.COc1ccc2c(c1)C=C(c1nc3c4cccnc4c4ncccc4c3[nH]1)C(OC)N2.Cc1ccc2c(c1)C=C(c1nc3c4cccnc4c4ncccc4c3[nH]1)C(O)N2. The molecule has 0 fully saturated rings. The lowest BCUT2D eigenvalue weighted by Crippen LogP contribution is -2.26. The van der Waals surface area contributed by atoms with Gasteiger partial charge < -0.3 is 55.1 Å². The Balaban J connectivity index is 0.0000000996. The summed E-state index contributed by atoms with van der Waals surface area (Å²) in [6.07, 6.45) is 18.0. The van der Waals surface area contributed by atoms with E-state index in [2.05, 4.69) is 138 Å². The molecule has 2 atom stereocenters. The van der Waals surface area contributed by atoms with Crippen molar-refractivity contribution < 1.29 is 14.6 Å². The molecular weight excluding hydrogens is 1510 g/mol. The highest BCUT2D eigenvalue weighted by atomic mass is 16.5. The minimum Gasteiger partial charge on any atom is -0.497 e. The highest BCUT2D eigenvalue weighted by Crippen LogP contribution is 2.42. The number of aryl methyl sites for hydroxylation is 2. The molecule has 16 heterocycles. The lowest BCUT2D eigenvalue weighted by molar-refractivity contribution is 0.169. The summed E-state index contributed by atoms with van der Waals surface area (Å²) in [7, 11) is 3.35. The number of rotatable bonds is 8. The number of aromatic nitrogens is 18. The summed E-state index contributed by atoms with van der Waals surface area (Å²) in [5, 5.41) is 26.8. The average Bonchev–Trinajstić information content (AvgIpc) is 1.61. The zero-order chi connectivity index (χ0) is 81.8. The van der Waals surface area contributed by atoms with Gasteiger partial charge in [-0.05, 0) is 223 Å². The fourth-order valence-corrected chi connectivity index (χ4v) is 16.7. The van der Waals surface area contributed by atoms with Gasteiger partial charge in [-0.15, -0.1) is 0 Å². The smallest absolute Gasteiger partial charge is 0.259 e. The number of aliphatic hydroxyl groups excluding tert-OH is 1. The van der Waals surface area contributed by atoms with Gasteiger partial charge in [0.25, 0.3) is 11.1 Å². The van der Waals surface area contributed by atoms with Gasteiger partial charge in [0, 0.05) is 139 Å². The molecule has 22 aromatic rings. The van der Waals surface area contributed by atoms with Gasteiger partial charge in [-0.3, -0.25) is 49.5 Å². The van der Waals surface area contributed by atoms with E-state index in [4.69, 9.17) is 29.4 Å². The van der Waals surface area contributed by atoms with E-state index in [1.165, 1.54) is 11.1 Å². The van der Waals surface area contributed by atoms with Crippen molar-refractivity contribution in [1.82, 2.24) is 89.7 Å². The van der Waals surface area contributed by atoms with E-state index >= 15 is 0 Å². The minimum atomic E-state index is -0.848. The van der Waals surface area contributed by atoms with Gasteiger partial charge in [0.2, 0.25) is 0 Å². The first kappa shape index (κ1) is 72.8. The number of methoxy groups -OCH3 is 2. The molecule has 0 spiro atoms. The number of nitrogens with one attached hydrogen (secondary N) is 8. The number of imidazole rings is 4. The van der Waals surface area contributed by atoms with E-state index in [1.54, 1.807) is 63.8 Å². The van der Waals surface area contributed by atoms with Crippen LogP contribution in [0.2, 0.25) is 0 Å². The molecule has 586 valence electrons. The fourth-order valence-electron chi connectivity index (χ4n) is 16.7. The predicted molar refractivity (Wildman–Crippen MR) is 481 cm³/mol. The average molecular weight is 1590 g/mol. The van der Waals surface area contributed by atoms with Crippen LogP contribution in [-0.2, 0) is 11.2 Å². The van der Waals surface area contributed by atoms with Crippen LogP contribution in [0.5, 0.6) is 5.75 Å². The Kier molecular flexibility index (Phi) is 17.7. The Bertz CT molecular complexity index is 7950. The van der Waals surface area contributed by atoms with Crippen molar-refractivity contribution in [3.63, 3.8) is 0 Å². The monoisotopic (exact) mass is 1580 g/mol. The molecule has 0 saturated carbocycles. The van der Waals surface area contributed by atoms with Gasteiger partial charge in [0.1, 0.15) is 29.0 Å². The number of ether oxygens (including phenoxy) is 2. The molecule has 14 aromatic heterocycles. The molecule has 0 radical (unpaired) electrons. The molecule has 25 heteroatoms. The topological polar surface area (TPSA) is 346 Å². The zero-order valence-electron chi connectivity index (χ0n) is 66.0. The van der Waals surface area contributed by atoms with Gasteiger partial charge in [0.15, 0.2) is 12.5 Å². The molecule has 0 saturated heterocycles. The van der Waals surface area contributed by atoms with Gasteiger partial charge >= 0.3 is 0 Å². The fraction of sp³-hybridized carbons (Fsp3) is 0.104. The molecule has 0 aliphatic carbocycles. The number of H-pyrrole nitrogens is 6. The Hall–Kier alpha value is -15.9. The summed E-state index contributed by atoms with van der Waals surface area (Å²) >= 11 is 0. The van der Waals surface area contributed by atoms with Gasteiger partial charge in [-0.25, -0.2) is 19.9 Å². The summed E-state index contributed by atoms with van der Waals surface area (Å²) in [6.45, 7) is 8.49. The number of nitrogens with zero attached hydrogens (tertiary/aromatic N) is 12. The molecule has 121 heavy (non-hydrogen) atoms. The molecule has 8 aromatic carbocycles. The van der Waals surface area contributed by atoms with Gasteiger partial charge in [0.05, 0.1) is 107 Å². The number of hydrogen-bond acceptors (Lipinski definition) is 19. The predicted octanol–water partition coefficient (Wildman–Crippen LogP) is 18.9. The van der Waals surface area contributed by atoms with E-state index < -0.39 is 6.23 Å². The van der Waals surface area contributed by atoms with Crippen LogP contribution in [0.15, 0.2) is 241 Å². The third-order valence-electron chi connectivity index (χ3n) is 22.7. The normalized spacial score (nSPS) is 13.9. The van der Waals surface area contributed by atoms with Crippen LogP contribution in [0, 0.1) is 6.92 Å². The highest BCUT2D eigenvalue weighted by molar-refractivity contribution is 6.24. The molecule has 9 N–H and O–H groups in total. The van der Waals surface area contributed by atoms with Crippen LogP contribution in [-0.4, -0.2) is 121 Å². The Morgan fingerprint density at radius 1 is 0.388 bits per heavy atom. The van der Waals surface area contributed by atoms with Crippen LogP contribution >= 0.6 is 0 Å². The number of pyridine rings is 10. The molecule has 25 nitrogen and oxygen atoms in total. The van der Waals surface area contributed by atoms with Crippen LogP contribution < -0.4 is 26.5 Å². The Morgan fingerprint density at radius 3 is 1.21 bits per heavy atom. The first-order valence-electron chi connectivity index (χ1n) is 39.6. The largest absolute Gasteiger partial charge is 0.497 e. The highest BCUT2D eigenvalue weighted by Gasteiger charge is 2.29. The number of anilines is 2. The van der Waals surface area contributed by atoms with Crippen molar-refractivity contribution in [2.45, 2.75) is 52.5 Å². The number of aliphatic hydroxyl groups is 1. The van der Waals surface area contributed by atoms with E-state index in [0.717, 1.165) is 205 Å². The molecule has 2 unspecified atom stereocenters. The summed E-state index contributed by atoms with van der Waals surface area (Å²) in [4.78, 5) is 101. The second kappa shape index (κ2) is 29.4. The first-order valence-corrected chi connectivity index (χ1v) is 39.6. The van der Waals surface area contributed by atoms with E-state index in [-0.39, 0.29) is 17.3 Å². The molecule has 24 rings (SSSR count). The van der Waals surface area contributed by atoms with Crippen LogP contribution in [0.4, 0.5) is 11.4 Å². The van der Waals surface area contributed by atoms with Crippen molar-refractivity contribution in [3.05, 3.63) is 292 Å². The summed E-state index contributed by atoms with van der Waals surface area (Å²) in [5.74, 6) is 3.65. The van der Waals surface area contributed by atoms with E-state index in [0.29, 0.717) is 40.1 Å². The Labute approximate surface area is 685 Å². The number of aromatic amines is 6. The maximum atomic E-state index is 12.9. The number of fused-ring (bicyclic) bond motifs is 28. The summed E-state index contributed by atoms with van der Waals surface area (Å²) in [6, 6.07) is 59.4. The van der Waals surface area contributed by atoms with Crippen molar-refractivity contribution in [1.29, 1.82) is 0 Å². The molecule has 0 amide bonds. The first-order chi connectivity index (χ1) is 59.3. The zero-order valence-corrected chi connectivity index (χ0v) is 66.0. The lowest BCUT2D eigenvalue weighted by Gasteiger charge is -2.26. The Morgan fingerprint density at radius 2 is 0.769 bits per heavy atom. The molecular formula is C96H72N20O5. The maximum Gasteiger partial charge on any atom is 0.259 e. The maximum absolute atomic E-state index is 12.9. The van der Waals surface area contributed by atoms with Crippen LogP contribution in [0.3, 0.4) is 0 Å². The quantitative estimate of drug-likeness (QED) is 0.0638. The third kappa shape index (κ3) is 12.6. The molecule has 2 aliphatic rings. The minimum absolute atomic E-state index is 0.171. The van der Waals surface area contributed by atoms with Crippen LogP contribution in [0.25, 0.3) is 199 Å². The number of benzene rings is 8. The summed E-state index contributed by atoms with van der Waals surface area (Å²) in [5.41, 5.74) is 24.9. The second-order valence-electron chi connectivity index (χ2n) is 30.3. The second-order valence-corrected chi connectivity index (χ2v) is 30.3. The number of hydrogen-bond donors (Lipinski definition) is 9. The van der Waals surface area contributed by atoms with Crippen molar-refractivity contribution in [2.75, 3.05) is 24.9 Å².